The molecule has 0 radical (unpaired) electrons. The van der Waals surface area contributed by atoms with Crippen molar-refractivity contribution in [1.82, 2.24) is 10.2 Å². The maximum atomic E-state index is 12.6. The van der Waals surface area contributed by atoms with E-state index in [4.69, 9.17) is 0 Å². The van der Waals surface area contributed by atoms with Crippen LogP contribution in [0.4, 0.5) is 13.2 Å². The summed E-state index contributed by atoms with van der Waals surface area (Å²) >= 11 is 0. The molecule has 1 saturated carbocycles. The lowest BCUT2D eigenvalue weighted by Gasteiger charge is -2.16. The average molecular weight is 326 g/mol. The van der Waals surface area contributed by atoms with Gasteiger partial charge in [-0.2, -0.15) is 13.2 Å². The molecule has 2 aliphatic rings. The van der Waals surface area contributed by atoms with Crippen molar-refractivity contribution in [2.75, 3.05) is 26.7 Å². The molecule has 3 nitrogen and oxygen atoms in total. The van der Waals surface area contributed by atoms with Crippen molar-refractivity contribution in [3.63, 3.8) is 0 Å². The normalized spacial score (nSPS) is 27.3. The van der Waals surface area contributed by atoms with E-state index in [2.05, 4.69) is 5.32 Å². The number of alkyl halides is 3. The number of nitrogens with one attached hydrogen (secondary N) is 1. The summed E-state index contributed by atoms with van der Waals surface area (Å²) in [6.45, 7) is 2.49. The van der Waals surface area contributed by atoms with Gasteiger partial charge in [0, 0.05) is 19.0 Å². The highest BCUT2D eigenvalue weighted by Crippen LogP contribution is 2.49. The number of benzene rings is 1. The summed E-state index contributed by atoms with van der Waals surface area (Å²) in [5.41, 5.74) is 0.196. The standard InChI is InChI=1S/C17H21F3N2O/c1-21-9-11-6-7-22(10-11)16(23)15-8-14(15)12-2-4-13(5-3-12)17(18,19)20/h2-5,11,14-15,21H,6-10H2,1H3/t11-,14+,15+/m0/s1. The third kappa shape index (κ3) is 3.52. The minimum atomic E-state index is -4.31. The van der Waals surface area contributed by atoms with Crippen LogP contribution in [-0.4, -0.2) is 37.5 Å². The molecule has 6 heteroatoms. The lowest BCUT2D eigenvalue weighted by Crippen LogP contribution is -2.31. The van der Waals surface area contributed by atoms with Gasteiger partial charge in [0.25, 0.3) is 0 Å². The average Bonchev–Trinajstić information content (AvgIpc) is 3.18. The fourth-order valence-corrected chi connectivity index (χ4v) is 3.48. The Bertz CT molecular complexity index is 570. The first-order chi connectivity index (χ1) is 10.9. The van der Waals surface area contributed by atoms with Gasteiger partial charge in [-0.05, 0) is 56.0 Å². The van der Waals surface area contributed by atoms with E-state index in [1.165, 1.54) is 12.1 Å². The smallest absolute Gasteiger partial charge is 0.342 e. The Labute approximate surface area is 133 Å². The van der Waals surface area contributed by atoms with Gasteiger partial charge >= 0.3 is 6.18 Å². The molecular formula is C17H21F3N2O. The Kier molecular flexibility index (Phi) is 4.36. The quantitative estimate of drug-likeness (QED) is 0.923. The van der Waals surface area contributed by atoms with Gasteiger partial charge in [-0.25, -0.2) is 0 Å². The minimum absolute atomic E-state index is 0.0555. The van der Waals surface area contributed by atoms with Crippen LogP contribution < -0.4 is 5.32 Å². The number of hydrogen-bond acceptors (Lipinski definition) is 2. The van der Waals surface area contributed by atoms with Crippen molar-refractivity contribution >= 4 is 5.91 Å². The Morgan fingerprint density at radius 2 is 2.00 bits per heavy atom. The van der Waals surface area contributed by atoms with Gasteiger partial charge in [-0.1, -0.05) is 12.1 Å². The van der Waals surface area contributed by atoms with Crippen molar-refractivity contribution in [1.29, 1.82) is 0 Å². The van der Waals surface area contributed by atoms with Gasteiger partial charge in [0.15, 0.2) is 0 Å². The van der Waals surface area contributed by atoms with Crippen molar-refractivity contribution in [3.8, 4) is 0 Å². The third-order valence-electron chi connectivity index (χ3n) is 4.86. The van der Waals surface area contributed by atoms with Crippen LogP contribution in [0.25, 0.3) is 0 Å². The van der Waals surface area contributed by atoms with E-state index in [-0.39, 0.29) is 17.7 Å². The summed E-state index contributed by atoms with van der Waals surface area (Å²) in [6, 6.07) is 5.23. The first-order valence-corrected chi connectivity index (χ1v) is 8.00. The molecule has 1 saturated heterocycles. The van der Waals surface area contributed by atoms with E-state index in [0.717, 1.165) is 50.2 Å². The zero-order valence-corrected chi connectivity index (χ0v) is 13.1. The van der Waals surface area contributed by atoms with Crippen LogP contribution in [0.3, 0.4) is 0 Å². The summed E-state index contributed by atoms with van der Waals surface area (Å²) in [5, 5.41) is 3.14. The van der Waals surface area contributed by atoms with E-state index in [0.29, 0.717) is 5.92 Å². The fraction of sp³-hybridized carbons (Fsp3) is 0.588. The van der Waals surface area contributed by atoms with Crippen molar-refractivity contribution < 1.29 is 18.0 Å². The SMILES string of the molecule is CNC[C@@H]1CCN(C(=O)[C@@H]2C[C@@H]2c2ccc(C(F)(F)F)cc2)C1. The van der Waals surface area contributed by atoms with Crippen molar-refractivity contribution in [2.24, 2.45) is 11.8 Å². The molecule has 2 fully saturated rings. The first kappa shape index (κ1) is 16.3. The van der Waals surface area contributed by atoms with Crippen LogP contribution in [0, 0.1) is 11.8 Å². The maximum absolute atomic E-state index is 12.6. The molecule has 3 rings (SSSR count). The largest absolute Gasteiger partial charge is 0.416 e. The number of rotatable bonds is 4. The van der Waals surface area contributed by atoms with Crippen molar-refractivity contribution in [2.45, 2.75) is 24.9 Å². The second-order valence-electron chi connectivity index (χ2n) is 6.57. The molecule has 1 aromatic rings. The van der Waals surface area contributed by atoms with Gasteiger partial charge in [0.05, 0.1) is 5.56 Å². The predicted octanol–water partition coefficient (Wildman–Crippen LogP) is 2.88. The van der Waals surface area contributed by atoms with Crippen LogP contribution in [0.1, 0.15) is 29.9 Å². The maximum Gasteiger partial charge on any atom is 0.416 e. The lowest BCUT2D eigenvalue weighted by atomic mass is 10.1. The Hall–Kier alpha value is -1.56. The summed E-state index contributed by atoms with van der Waals surface area (Å²) in [5.74, 6) is 0.689. The molecule has 0 aromatic heterocycles. The first-order valence-electron chi connectivity index (χ1n) is 8.00. The number of nitrogens with zero attached hydrogens (tertiary/aromatic N) is 1. The van der Waals surface area contributed by atoms with E-state index >= 15 is 0 Å². The predicted molar refractivity (Wildman–Crippen MR) is 80.9 cm³/mol. The Balaban J connectivity index is 1.58. The Morgan fingerprint density at radius 1 is 1.30 bits per heavy atom. The molecular weight excluding hydrogens is 305 g/mol. The zero-order chi connectivity index (χ0) is 16.6. The van der Waals surface area contributed by atoms with Crippen molar-refractivity contribution in [3.05, 3.63) is 35.4 Å². The summed E-state index contributed by atoms with van der Waals surface area (Å²) < 4.78 is 37.7. The molecule has 3 atom stereocenters. The van der Waals surface area contributed by atoms with E-state index in [1.807, 2.05) is 11.9 Å². The molecule has 0 bridgehead atoms. The molecule has 1 aliphatic carbocycles. The molecule has 1 heterocycles. The van der Waals surface area contributed by atoms with Gasteiger partial charge < -0.3 is 10.2 Å². The monoisotopic (exact) mass is 326 g/mol. The van der Waals surface area contributed by atoms with Gasteiger partial charge in [0.2, 0.25) is 5.91 Å². The number of halogens is 3. The highest BCUT2D eigenvalue weighted by molar-refractivity contribution is 5.83. The fourth-order valence-electron chi connectivity index (χ4n) is 3.48. The third-order valence-corrected chi connectivity index (χ3v) is 4.86. The van der Waals surface area contributed by atoms with E-state index in [9.17, 15) is 18.0 Å². The topological polar surface area (TPSA) is 32.3 Å². The minimum Gasteiger partial charge on any atom is -0.342 e. The van der Waals surface area contributed by atoms with Gasteiger partial charge in [0.1, 0.15) is 0 Å². The molecule has 1 aliphatic heterocycles. The second kappa shape index (κ2) is 6.15. The molecule has 1 amide bonds. The van der Waals surface area contributed by atoms with Crippen LogP contribution >= 0.6 is 0 Å². The van der Waals surface area contributed by atoms with Crippen LogP contribution in [0.15, 0.2) is 24.3 Å². The molecule has 23 heavy (non-hydrogen) atoms. The lowest BCUT2D eigenvalue weighted by molar-refractivity contribution is -0.137. The summed E-state index contributed by atoms with van der Waals surface area (Å²) in [4.78, 5) is 14.4. The highest BCUT2D eigenvalue weighted by Gasteiger charge is 2.46. The zero-order valence-electron chi connectivity index (χ0n) is 13.1. The number of carbonyl (C=O) groups excluding carboxylic acids is 1. The number of carbonyl (C=O) groups is 1. The molecule has 0 spiro atoms. The van der Waals surface area contributed by atoms with Crippen LogP contribution in [-0.2, 0) is 11.0 Å². The van der Waals surface area contributed by atoms with Gasteiger partial charge in [-0.3, -0.25) is 4.79 Å². The van der Waals surface area contributed by atoms with Crippen LogP contribution in [0.5, 0.6) is 0 Å². The van der Waals surface area contributed by atoms with Crippen LogP contribution in [0.2, 0.25) is 0 Å². The van der Waals surface area contributed by atoms with Gasteiger partial charge in [-0.15, -0.1) is 0 Å². The molecule has 126 valence electrons. The second-order valence-corrected chi connectivity index (χ2v) is 6.57. The number of likely N-dealkylation sites (tertiary alicyclic amines) is 1. The number of amides is 1. The molecule has 1 N–H and O–H groups in total. The van der Waals surface area contributed by atoms with E-state index < -0.39 is 11.7 Å². The summed E-state index contributed by atoms with van der Waals surface area (Å²) in [7, 11) is 1.91. The molecule has 1 aromatic carbocycles. The Morgan fingerprint density at radius 3 is 2.61 bits per heavy atom. The number of hydrogen-bond donors (Lipinski definition) is 1. The highest BCUT2D eigenvalue weighted by atomic mass is 19.4. The van der Waals surface area contributed by atoms with E-state index in [1.54, 1.807) is 0 Å². The molecule has 0 unspecified atom stereocenters. The summed E-state index contributed by atoms with van der Waals surface area (Å²) in [6.07, 6.45) is -2.54.